The summed E-state index contributed by atoms with van der Waals surface area (Å²) in [5.74, 6) is 0. The van der Waals surface area contributed by atoms with E-state index in [0.29, 0.717) is 18.4 Å². The first-order valence-electron chi connectivity index (χ1n) is 6.10. The van der Waals surface area contributed by atoms with Crippen LogP contribution in [0.5, 0.6) is 0 Å². The average Bonchev–Trinajstić information content (AvgIpc) is 2.91. The Hall–Kier alpha value is -1.16. The van der Waals surface area contributed by atoms with Crippen LogP contribution in [-0.4, -0.2) is 18.2 Å². The number of fused-ring (bicyclic) bond motifs is 1. The Labute approximate surface area is 111 Å². The molecule has 0 bridgehead atoms. The topological polar surface area (TPSA) is 31.4 Å². The highest BCUT2D eigenvalue weighted by Gasteiger charge is 2.22. The minimum Gasteiger partial charge on any atom is -0.346 e. The van der Waals surface area contributed by atoms with Crippen LogP contribution in [0.2, 0.25) is 5.15 Å². The first-order valence-corrected chi connectivity index (χ1v) is 6.48. The molecule has 94 valence electrons. The van der Waals surface area contributed by atoms with Gasteiger partial charge < -0.3 is 9.47 Å². The molecule has 1 aliphatic rings. The highest BCUT2D eigenvalue weighted by Crippen LogP contribution is 2.31. The zero-order chi connectivity index (χ0) is 12.5. The molecule has 0 unspecified atom stereocenters. The molecule has 0 saturated carbocycles. The standard InChI is InChI=1S/C14H14ClNO2/c1-2-9-3-4-12-10(7-9)8-11(13(15)16-12)14-17-5-6-18-14/h3-4,7-8,14H,2,5-6H2,1H3. The van der Waals surface area contributed by atoms with Crippen molar-refractivity contribution in [2.45, 2.75) is 19.6 Å². The Morgan fingerprint density at radius 3 is 2.78 bits per heavy atom. The number of aromatic nitrogens is 1. The number of pyridine rings is 1. The summed E-state index contributed by atoms with van der Waals surface area (Å²) < 4.78 is 11.0. The Kier molecular flexibility index (Phi) is 3.20. The summed E-state index contributed by atoms with van der Waals surface area (Å²) in [6.45, 7) is 3.34. The Morgan fingerprint density at radius 2 is 2.06 bits per heavy atom. The summed E-state index contributed by atoms with van der Waals surface area (Å²) in [4.78, 5) is 4.40. The summed E-state index contributed by atoms with van der Waals surface area (Å²) in [5.41, 5.74) is 3.00. The third-order valence-corrected chi connectivity index (χ3v) is 3.45. The lowest BCUT2D eigenvalue weighted by molar-refractivity contribution is -0.0441. The van der Waals surface area contributed by atoms with E-state index in [4.69, 9.17) is 21.1 Å². The van der Waals surface area contributed by atoms with Crippen molar-refractivity contribution in [1.82, 2.24) is 4.98 Å². The maximum Gasteiger partial charge on any atom is 0.187 e. The molecule has 0 radical (unpaired) electrons. The van der Waals surface area contributed by atoms with Crippen LogP contribution in [0.1, 0.15) is 24.3 Å². The molecule has 0 N–H and O–H groups in total. The molecule has 1 aromatic carbocycles. The van der Waals surface area contributed by atoms with Gasteiger partial charge in [0.2, 0.25) is 0 Å². The lowest BCUT2D eigenvalue weighted by atomic mass is 10.1. The summed E-state index contributed by atoms with van der Waals surface area (Å²) in [6.07, 6.45) is 0.629. The second-order valence-electron chi connectivity index (χ2n) is 4.32. The summed E-state index contributed by atoms with van der Waals surface area (Å²) >= 11 is 6.19. The number of nitrogens with zero attached hydrogens (tertiary/aromatic N) is 1. The molecule has 2 aromatic rings. The molecule has 1 fully saturated rings. The van der Waals surface area contributed by atoms with Gasteiger partial charge in [0, 0.05) is 10.9 Å². The molecule has 4 heteroatoms. The molecular formula is C14H14ClNO2. The highest BCUT2D eigenvalue weighted by atomic mass is 35.5. The van der Waals surface area contributed by atoms with Crippen LogP contribution in [0.25, 0.3) is 10.9 Å². The van der Waals surface area contributed by atoms with E-state index in [9.17, 15) is 0 Å². The maximum atomic E-state index is 6.19. The van der Waals surface area contributed by atoms with Gasteiger partial charge in [-0.05, 0) is 30.2 Å². The van der Waals surface area contributed by atoms with Gasteiger partial charge in [-0.3, -0.25) is 0 Å². The SMILES string of the molecule is CCc1ccc2nc(Cl)c(C3OCCO3)cc2c1. The van der Waals surface area contributed by atoms with Crippen LogP contribution in [0.4, 0.5) is 0 Å². The third kappa shape index (κ3) is 2.09. The van der Waals surface area contributed by atoms with E-state index in [1.54, 1.807) is 0 Å². The molecule has 18 heavy (non-hydrogen) atoms. The molecule has 0 spiro atoms. The molecule has 2 heterocycles. The van der Waals surface area contributed by atoms with Crippen molar-refractivity contribution in [3.8, 4) is 0 Å². The number of hydrogen-bond donors (Lipinski definition) is 0. The predicted octanol–water partition coefficient (Wildman–Crippen LogP) is 3.50. The normalized spacial score (nSPS) is 16.6. The number of ether oxygens (including phenoxy) is 2. The fourth-order valence-electron chi connectivity index (χ4n) is 2.14. The molecule has 0 aliphatic carbocycles. The van der Waals surface area contributed by atoms with Crippen molar-refractivity contribution >= 4 is 22.5 Å². The Bertz CT molecular complexity index is 579. The number of hydrogen-bond acceptors (Lipinski definition) is 3. The van der Waals surface area contributed by atoms with E-state index in [2.05, 4.69) is 24.0 Å². The first kappa shape index (κ1) is 11.9. The lowest BCUT2D eigenvalue weighted by Crippen LogP contribution is -2.00. The first-order chi connectivity index (χ1) is 8.78. The van der Waals surface area contributed by atoms with Crippen molar-refractivity contribution < 1.29 is 9.47 Å². The van der Waals surface area contributed by atoms with Gasteiger partial charge in [-0.1, -0.05) is 24.6 Å². The lowest BCUT2D eigenvalue weighted by Gasteiger charge is -2.12. The van der Waals surface area contributed by atoms with Gasteiger partial charge in [-0.15, -0.1) is 0 Å². The van der Waals surface area contributed by atoms with Crippen LogP contribution in [0.15, 0.2) is 24.3 Å². The Balaban J connectivity index is 2.11. The second-order valence-corrected chi connectivity index (χ2v) is 4.68. The van der Waals surface area contributed by atoms with Gasteiger partial charge in [0.15, 0.2) is 6.29 Å². The van der Waals surface area contributed by atoms with Crippen molar-refractivity contribution in [2.75, 3.05) is 13.2 Å². The molecule has 3 rings (SSSR count). The quantitative estimate of drug-likeness (QED) is 0.777. The van der Waals surface area contributed by atoms with E-state index in [1.165, 1.54) is 5.56 Å². The largest absolute Gasteiger partial charge is 0.346 e. The molecule has 1 aromatic heterocycles. The van der Waals surface area contributed by atoms with Crippen LogP contribution in [0.3, 0.4) is 0 Å². The van der Waals surface area contributed by atoms with Gasteiger partial charge in [-0.2, -0.15) is 0 Å². The van der Waals surface area contributed by atoms with Crippen molar-refractivity contribution in [1.29, 1.82) is 0 Å². The minimum atomic E-state index is -0.375. The number of benzene rings is 1. The van der Waals surface area contributed by atoms with Crippen LogP contribution in [0, 0.1) is 0 Å². The minimum absolute atomic E-state index is 0.375. The summed E-state index contributed by atoms with van der Waals surface area (Å²) in [5, 5.41) is 1.53. The van der Waals surface area contributed by atoms with Crippen molar-refractivity contribution in [3.63, 3.8) is 0 Å². The number of rotatable bonds is 2. The van der Waals surface area contributed by atoms with Gasteiger partial charge >= 0.3 is 0 Å². The fourth-order valence-corrected chi connectivity index (χ4v) is 2.38. The molecule has 1 saturated heterocycles. The van der Waals surface area contributed by atoms with Gasteiger partial charge in [0.1, 0.15) is 5.15 Å². The zero-order valence-electron chi connectivity index (χ0n) is 10.1. The molecule has 0 atom stereocenters. The van der Waals surface area contributed by atoms with Gasteiger partial charge in [0.05, 0.1) is 18.7 Å². The molecule has 3 nitrogen and oxygen atoms in total. The zero-order valence-corrected chi connectivity index (χ0v) is 10.9. The summed E-state index contributed by atoms with van der Waals surface area (Å²) in [6, 6.07) is 8.23. The van der Waals surface area contributed by atoms with E-state index >= 15 is 0 Å². The fraction of sp³-hybridized carbons (Fsp3) is 0.357. The monoisotopic (exact) mass is 263 g/mol. The smallest absolute Gasteiger partial charge is 0.187 e. The second kappa shape index (κ2) is 4.84. The van der Waals surface area contributed by atoms with Crippen LogP contribution >= 0.6 is 11.6 Å². The maximum absolute atomic E-state index is 6.19. The number of halogens is 1. The predicted molar refractivity (Wildman–Crippen MR) is 70.8 cm³/mol. The van der Waals surface area contributed by atoms with Crippen LogP contribution in [-0.2, 0) is 15.9 Å². The van der Waals surface area contributed by atoms with Gasteiger partial charge in [-0.25, -0.2) is 4.98 Å². The molecule has 0 amide bonds. The Morgan fingerprint density at radius 1 is 1.28 bits per heavy atom. The third-order valence-electron chi connectivity index (χ3n) is 3.14. The van der Waals surface area contributed by atoms with E-state index in [1.807, 2.05) is 12.1 Å². The van der Waals surface area contributed by atoms with Crippen molar-refractivity contribution in [3.05, 3.63) is 40.5 Å². The van der Waals surface area contributed by atoms with Gasteiger partial charge in [0.25, 0.3) is 0 Å². The molecular weight excluding hydrogens is 250 g/mol. The van der Waals surface area contributed by atoms with E-state index in [0.717, 1.165) is 22.9 Å². The van der Waals surface area contributed by atoms with E-state index < -0.39 is 0 Å². The average molecular weight is 264 g/mol. The van der Waals surface area contributed by atoms with E-state index in [-0.39, 0.29) is 6.29 Å². The number of aryl methyl sites for hydroxylation is 1. The van der Waals surface area contributed by atoms with Crippen molar-refractivity contribution in [2.24, 2.45) is 0 Å². The molecule has 1 aliphatic heterocycles. The van der Waals surface area contributed by atoms with Crippen LogP contribution < -0.4 is 0 Å². The highest BCUT2D eigenvalue weighted by molar-refractivity contribution is 6.30. The summed E-state index contributed by atoms with van der Waals surface area (Å²) in [7, 11) is 0.